The maximum Gasteiger partial charge on any atom is 0.331 e. The van der Waals surface area contributed by atoms with Crippen LogP contribution in [-0.2, 0) is 14.3 Å². The number of esters is 1. The molecule has 0 aromatic heterocycles. The minimum absolute atomic E-state index is 0.355. The summed E-state index contributed by atoms with van der Waals surface area (Å²) in [7, 11) is 1.52. The number of methoxy groups -OCH3 is 1. The smallest absolute Gasteiger partial charge is 0.331 e. The molecule has 0 spiro atoms. The Hall–Kier alpha value is -3.25. The predicted molar refractivity (Wildman–Crippen MR) is 109 cm³/mol. The summed E-state index contributed by atoms with van der Waals surface area (Å²) < 4.78 is 15.7. The molecular formula is C21H20ClNO5. The molecule has 7 heteroatoms. The van der Waals surface area contributed by atoms with Gasteiger partial charge >= 0.3 is 5.97 Å². The van der Waals surface area contributed by atoms with Crippen LogP contribution in [0, 0.1) is 0 Å². The summed E-state index contributed by atoms with van der Waals surface area (Å²) in [5.41, 5.74) is 1.16. The molecule has 146 valence electrons. The highest BCUT2D eigenvalue weighted by atomic mass is 35.5. The summed E-state index contributed by atoms with van der Waals surface area (Å²) in [4.78, 5) is 23.7. The van der Waals surface area contributed by atoms with E-state index in [4.69, 9.17) is 25.8 Å². The fraction of sp³-hybridized carbons (Fsp3) is 0.143. The molecule has 0 saturated heterocycles. The summed E-state index contributed by atoms with van der Waals surface area (Å²) in [5, 5.41) is 2.97. The number of amides is 1. The van der Waals surface area contributed by atoms with Crippen molar-refractivity contribution in [3.63, 3.8) is 0 Å². The first kappa shape index (κ1) is 21.1. The first-order valence-electron chi connectivity index (χ1n) is 8.34. The minimum atomic E-state index is -0.653. The summed E-state index contributed by atoms with van der Waals surface area (Å²) in [6.45, 7) is 3.52. The van der Waals surface area contributed by atoms with Gasteiger partial charge in [-0.15, -0.1) is 0 Å². The van der Waals surface area contributed by atoms with Gasteiger partial charge in [-0.3, -0.25) is 4.79 Å². The van der Waals surface area contributed by atoms with E-state index in [2.05, 4.69) is 11.9 Å². The van der Waals surface area contributed by atoms with Gasteiger partial charge < -0.3 is 19.5 Å². The standard InChI is InChI=1S/C21H20ClNO5/c1-3-12-27-18-10-8-15(13-19(18)26-2)9-11-21(25)28-14-20(24)23-17-7-5-4-6-16(17)22/h3-11,13H,1,12,14H2,2H3,(H,23,24)/b11-9+. The van der Waals surface area contributed by atoms with Gasteiger partial charge in [0.05, 0.1) is 17.8 Å². The number of ether oxygens (including phenoxy) is 3. The van der Waals surface area contributed by atoms with E-state index in [1.807, 2.05) is 0 Å². The zero-order valence-corrected chi connectivity index (χ0v) is 16.1. The van der Waals surface area contributed by atoms with Crippen molar-refractivity contribution in [1.29, 1.82) is 0 Å². The lowest BCUT2D eigenvalue weighted by Crippen LogP contribution is -2.20. The fourth-order valence-electron chi connectivity index (χ4n) is 2.15. The second kappa shape index (κ2) is 10.8. The summed E-state index contributed by atoms with van der Waals surface area (Å²) in [6, 6.07) is 12.0. The Bertz CT molecular complexity index is 879. The van der Waals surface area contributed by atoms with Crippen molar-refractivity contribution in [2.45, 2.75) is 0 Å². The average Bonchev–Trinajstić information content (AvgIpc) is 2.71. The molecule has 2 rings (SSSR count). The number of hydrogen-bond acceptors (Lipinski definition) is 5. The highest BCUT2D eigenvalue weighted by molar-refractivity contribution is 6.33. The van der Waals surface area contributed by atoms with Gasteiger partial charge in [0.1, 0.15) is 6.61 Å². The molecule has 0 radical (unpaired) electrons. The Kier molecular flexibility index (Phi) is 8.11. The highest BCUT2D eigenvalue weighted by Gasteiger charge is 2.08. The van der Waals surface area contributed by atoms with Crippen molar-refractivity contribution in [1.82, 2.24) is 0 Å². The summed E-state index contributed by atoms with van der Waals surface area (Å²) in [6.07, 6.45) is 4.40. The number of carbonyl (C=O) groups excluding carboxylic acids is 2. The van der Waals surface area contributed by atoms with E-state index in [0.29, 0.717) is 34.4 Å². The molecule has 1 N–H and O–H groups in total. The van der Waals surface area contributed by atoms with Crippen LogP contribution in [0.5, 0.6) is 11.5 Å². The van der Waals surface area contributed by atoms with Gasteiger partial charge in [0, 0.05) is 6.08 Å². The first-order valence-corrected chi connectivity index (χ1v) is 8.72. The number of benzene rings is 2. The molecular weight excluding hydrogens is 382 g/mol. The molecule has 2 aromatic carbocycles. The molecule has 0 aliphatic rings. The van der Waals surface area contributed by atoms with Crippen LogP contribution in [0.2, 0.25) is 5.02 Å². The number of para-hydroxylation sites is 1. The lowest BCUT2D eigenvalue weighted by atomic mass is 10.2. The predicted octanol–water partition coefficient (Wildman–Crippen LogP) is 4.11. The van der Waals surface area contributed by atoms with E-state index in [0.717, 1.165) is 0 Å². The molecule has 0 bridgehead atoms. The molecule has 0 saturated carbocycles. The zero-order chi connectivity index (χ0) is 20.4. The number of rotatable bonds is 9. The van der Waals surface area contributed by atoms with Crippen molar-refractivity contribution >= 4 is 35.2 Å². The Labute approximate surface area is 168 Å². The second-order valence-corrected chi connectivity index (χ2v) is 5.89. The van der Waals surface area contributed by atoms with Crippen LogP contribution in [-0.4, -0.2) is 32.2 Å². The van der Waals surface area contributed by atoms with Gasteiger partial charge in [-0.05, 0) is 35.9 Å². The van der Waals surface area contributed by atoms with E-state index in [1.165, 1.54) is 13.2 Å². The van der Waals surface area contributed by atoms with Crippen LogP contribution in [0.15, 0.2) is 61.2 Å². The number of hydrogen-bond donors (Lipinski definition) is 1. The van der Waals surface area contributed by atoms with Gasteiger partial charge in [-0.1, -0.05) is 42.5 Å². The topological polar surface area (TPSA) is 73.9 Å². The average molecular weight is 402 g/mol. The van der Waals surface area contributed by atoms with Gasteiger partial charge in [0.15, 0.2) is 18.1 Å². The summed E-state index contributed by atoms with van der Waals surface area (Å²) in [5.74, 6) is -0.0460. The maximum absolute atomic E-state index is 11.8. The Morgan fingerprint density at radius 3 is 2.68 bits per heavy atom. The van der Waals surface area contributed by atoms with Gasteiger partial charge in [0.25, 0.3) is 5.91 Å². The minimum Gasteiger partial charge on any atom is -0.493 e. The van der Waals surface area contributed by atoms with Crippen molar-refractivity contribution in [2.24, 2.45) is 0 Å². The van der Waals surface area contributed by atoms with Gasteiger partial charge in [-0.2, -0.15) is 0 Å². The molecule has 28 heavy (non-hydrogen) atoms. The zero-order valence-electron chi connectivity index (χ0n) is 15.3. The van der Waals surface area contributed by atoms with Gasteiger partial charge in [-0.25, -0.2) is 4.79 Å². The maximum atomic E-state index is 11.8. The van der Waals surface area contributed by atoms with Gasteiger partial charge in [0.2, 0.25) is 0 Å². The molecule has 0 heterocycles. The fourth-order valence-corrected chi connectivity index (χ4v) is 2.34. The van der Waals surface area contributed by atoms with Crippen LogP contribution >= 0.6 is 11.6 Å². The number of nitrogens with one attached hydrogen (secondary N) is 1. The molecule has 6 nitrogen and oxygen atoms in total. The van der Waals surface area contributed by atoms with E-state index >= 15 is 0 Å². The van der Waals surface area contributed by atoms with Crippen molar-refractivity contribution in [3.05, 3.63) is 71.8 Å². The Morgan fingerprint density at radius 1 is 1.18 bits per heavy atom. The van der Waals surface area contributed by atoms with E-state index in [-0.39, 0.29) is 0 Å². The number of carbonyl (C=O) groups is 2. The van der Waals surface area contributed by atoms with Crippen LogP contribution in [0.1, 0.15) is 5.56 Å². The van der Waals surface area contributed by atoms with Crippen molar-refractivity contribution < 1.29 is 23.8 Å². The molecule has 0 fully saturated rings. The van der Waals surface area contributed by atoms with E-state index < -0.39 is 18.5 Å². The van der Waals surface area contributed by atoms with Crippen LogP contribution in [0.3, 0.4) is 0 Å². The third-order valence-corrected chi connectivity index (χ3v) is 3.78. The third-order valence-electron chi connectivity index (χ3n) is 3.45. The first-order chi connectivity index (χ1) is 13.5. The number of anilines is 1. The Balaban J connectivity index is 1.88. The molecule has 0 unspecified atom stereocenters. The summed E-state index contributed by atoms with van der Waals surface area (Å²) >= 11 is 5.95. The normalized spacial score (nSPS) is 10.4. The second-order valence-electron chi connectivity index (χ2n) is 5.48. The third kappa shape index (κ3) is 6.48. The van der Waals surface area contributed by atoms with Crippen LogP contribution in [0.4, 0.5) is 5.69 Å². The lowest BCUT2D eigenvalue weighted by Gasteiger charge is -2.09. The quantitative estimate of drug-likeness (QED) is 0.389. The molecule has 2 aromatic rings. The lowest BCUT2D eigenvalue weighted by molar-refractivity contribution is -0.142. The molecule has 0 aliphatic heterocycles. The molecule has 0 atom stereocenters. The monoisotopic (exact) mass is 401 g/mol. The SMILES string of the molecule is C=CCOc1ccc(/C=C/C(=O)OCC(=O)Nc2ccccc2Cl)cc1OC. The van der Waals surface area contributed by atoms with Crippen LogP contribution in [0.25, 0.3) is 6.08 Å². The molecule has 0 aliphatic carbocycles. The Morgan fingerprint density at radius 2 is 1.96 bits per heavy atom. The number of halogens is 1. The van der Waals surface area contributed by atoms with Crippen molar-refractivity contribution in [2.75, 3.05) is 25.6 Å². The highest BCUT2D eigenvalue weighted by Crippen LogP contribution is 2.28. The largest absolute Gasteiger partial charge is 0.493 e. The van der Waals surface area contributed by atoms with E-state index in [1.54, 1.807) is 54.6 Å². The molecule has 1 amide bonds. The van der Waals surface area contributed by atoms with Crippen LogP contribution < -0.4 is 14.8 Å². The van der Waals surface area contributed by atoms with Crippen molar-refractivity contribution in [3.8, 4) is 11.5 Å². The van der Waals surface area contributed by atoms with E-state index in [9.17, 15) is 9.59 Å².